The van der Waals surface area contributed by atoms with Crippen molar-refractivity contribution in [2.45, 2.75) is 0 Å². The molecule has 1 aromatic carbocycles. The van der Waals surface area contributed by atoms with E-state index in [9.17, 15) is 0 Å². The van der Waals surface area contributed by atoms with E-state index in [0.717, 1.165) is 20.4 Å². The minimum atomic E-state index is 0.362. The summed E-state index contributed by atoms with van der Waals surface area (Å²) in [5.74, 6) is 6.43. The molecule has 0 aliphatic heterocycles. The summed E-state index contributed by atoms with van der Waals surface area (Å²) in [7, 11) is 0. The average Bonchev–Trinajstić information content (AvgIpc) is 2.91. The fourth-order valence-electron chi connectivity index (χ4n) is 1.74. The second-order valence-corrected chi connectivity index (χ2v) is 6.11. The van der Waals surface area contributed by atoms with Crippen LogP contribution in [0, 0.1) is 0 Å². The van der Waals surface area contributed by atoms with Gasteiger partial charge in [-0.15, -0.1) is 11.3 Å². The van der Waals surface area contributed by atoms with Crippen LogP contribution >= 0.6 is 38.9 Å². The number of aromatic nitrogens is 2. The molecule has 0 amide bonds. The van der Waals surface area contributed by atoms with E-state index in [1.807, 2.05) is 29.6 Å². The number of thiophene rings is 1. The summed E-state index contributed by atoms with van der Waals surface area (Å²) in [6, 6.07) is 7.46. The number of halogens is 2. The van der Waals surface area contributed by atoms with Gasteiger partial charge in [-0.25, -0.2) is 10.8 Å². The molecule has 0 bridgehead atoms. The van der Waals surface area contributed by atoms with E-state index in [-0.39, 0.29) is 0 Å². The number of hydrazine groups is 1. The quantitative estimate of drug-likeness (QED) is 0.477. The van der Waals surface area contributed by atoms with Crippen LogP contribution in [-0.2, 0) is 0 Å². The van der Waals surface area contributed by atoms with Gasteiger partial charge in [-0.2, -0.15) is 4.98 Å². The van der Waals surface area contributed by atoms with Gasteiger partial charge in [0, 0.05) is 9.50 Å². The zero-order valence-corrected chi connectivity index (χ0v) is 13.2. The first-order chi connectivity index (χ1) is 9.67. The third-order valence-electron chi connectivity index (χ3n) is 2.64. The van der Waals surface area contributed by atoms with E-state index in [1.165, 1.54) is 11.3 Å². The van der Waals surface area contributed by atoms with Gasteiger partial charge in [0.25, 0.3) is 0 Å². The molecule has 0 radical (unpaired) electrons. The van der Waals surface area contributed by atoms with Gasteiger partial charge in [-0.3, -0.25) is 5.43 Å². The molecule has 4 N–H and O–H groups in total. The normalized spacial score (nSPS) is 10.8. The summed E-state index contributed by atoms with van der Waals surface area (Å²) >= 11 is 11.0. The van der Waals surface area contributed by atoms with E-state index in [2.05, 4.69) is 36.6 Å². The van der Waals surface area contributed by atoms with Gasteiger partial charge in [0.15, 0.2) is 0 Å². The number of hydrogen-bond donors (Lipinski definition) is 3. The van der Waals surface area contributed by atoms with Gasteiger partial charge in [0.2, 0.25) is 5.95 Å². The summed E-state index contributed by atoms with van der Waals surface area (Å²) in [6.45, 7) is 0. The summed E-state index contributed by atoms with van der Waals surface area (Å²) in [4.78, 5) is 9.49. The van der Waals surface area contributed by atoms with Crippen molar-refractivity contribution in [2.24, 2.45) is 5.84 Å². The molecule has 2 aromatic heterocycles. The Labute approximate surface area is 132 Å². The van der Waals surface area contributed by atoms with Crippen LogP contribution in [0.1, 0.15) is 0 Å². The van der Waals surface area contributed by atoms with Gasteiger partial charge in [0.05, 0.1) is 11.1 Å². The minimum absolute atomic E-state index is 0.362. The lowest BCUT2D eigenvalue weighted by Gasteiger charge is -2.10. The summed E-state index contributed by atoms with van der Waals surface area (Å²) in [5.41, 5.74) is 3.29. The molecular formula is C12H9BrClN5S. The van der Waals surface area contributed by atoms with Crippen LogP contribution in [0.5, 0.6) is 0 Å². The van der Waals surface area contributed by atoms with Crippen LogP contribution in [0.15, 0.2) is 34.1 Å². The highest BCUT2D eigenvalue weighted by atomic mass is 79.9. The topological polar surface area (TPSA) is 75.9 Å². The molecule has 3 rings (SSSR count). The largest absolute Gasteiger partial charge is 0.339 e. The predicted molar refractivity (Wildman–Crippen MR) is 87.7 cm³/mol. The van der Waals surface area contributed by atoms with Crippen molar-refractivity contribution in [1.82, 2.24) is 9.97 Å². The maximum atomic E-state index is 6.01. The van der Waals surface area contributed by atoms with Crippen molar-refractivity contribution in [3.8, 4) is 0 Å². The van der Waals surface area contributed by atoms with Crippen molar-refractivity contribution < 1.29 is 0 Å². The van der Waals surface area contributed by atoms with Crippen molar-refractivity contribution in [3.05, 3.63) is 39.1 Å². The first-order valence-corrected chi connectivity index (χ1v) is 7.66. The number of rotatable bonds is 3. The number of nitrogens with one attached hydrogen (secondary N) is 2. The molecule has 0 fully saturated rings. The molecule has 0 spiro atoms. The van der Waals surface area contributed by atoms with Crippen molar-refractivity contribution in [1.29, 1.82) is 0 Å². The van der Waals surface area contributed by atoms with E-state index < -0.39 is 0 Å². The van der Waals surface area contributed by atoms with Gasteiger partial charge in [-0.1, -0.05) is 11.6 Å². The number of benzene rings is 1. The molecular weight excluding hydrogens is 362 g/mol. The van der Waals surface area contributed by atoms with Gasteiger partial charge in [0.1, 0.15) is 10.6 Å². The maximum Gasteiger partial charge on any atom is 0.240 e. The lowest BCUT2D eigenvalue weighted by atomic mass is 10.3. The fraction of sp³-hybridized carbons (Fsp3) is 0. The second kappa shape index (κ2) is 5.53. The zero-order chi connectivity index (χ0) is 14.1. The molecule has 3 aromatic rings. The van der Waals surface area contributed by atoms with Crippen LogP contribution in [0.3, 0.4) is 0 Å². The minimum Gasteiger partial charge on any atom is -0.339 e. The van der Waals surface area contributed by atoms with Crippen LogP contribution in [0.2, 0.25) is 5.02 Å². The zero-order valence-electron chi connectivity index (χ0n) is 10.0. The van der Waals surface area contributed by atoms with Gasteiger partial charge in [-0.05, 0) is 45.6 Å². The highest BCUT2D eigenvalue weighted by molar-refractivity contribution is 9.10. The molecule has 2 heterocycles. The molecule has 0 saturated carbocycles. The van der Waals surface area contributed by atoms with Crippen LogP contribution in [0.25, 0.3) is 10.2 Å². The summed E-state index contributed by atoms with van der Waals surface area (Å²) in [5, 5.41) is 6.78. The Morgan fingerprint density at radius 1 is 1.25 bits per heavy atom. The molecule has 20 heavy (non-hydrogen) atoms. The van der Waals surface area contributed by atoms with Crippen molar-refractivity contribution in [3.63, 3.8) is 0 Å². The van der Waals surface area contributed by atoms with Gasteiger partial charge < -0.3 is 5.32 Å². The van der Waals surface area contributed by atoms with Crippen molar-refractivity contribution >= 4 is 66.5 Å². The van der Waals surface area contributed by atoms with Crippen molar-refractivity contribution in [2.75, 3.05) is 10.7 Å². The van der Waals surface area contributed by atoms with E-state index in [0.29, 0.717) is 16.8 Å². The Morgan fingerprint density at radius 2 is 2.10 bits per heavy atom. The Hall–Kier alpha value is -1.41. The average molecular weight is 371 g/mol. The lowest BCUT2D eigenvalue weighted by Crippen LogP contribution is -2.11. The monoisotopic (exact) mass is 369 g/mol. The highest BCUT2D eigenvalue weighted by Crippen LogP contribution is 2.32. The number of nitrogen functional groups attached to an aromatic ring is 1. The molecule has 8 heteroatoms. The van der Waals surface area contributed by atoms with E-state index in [1.54, 1.807) is 0 Å². The molecule has 102 valence electrons. The number of nitrogens with two attached hydrogens (primary N) is 1. The Bertz CT molecular complexity index is 776. The van der Waals surface area contributed by atoms with E-state index in [4.69, 9.17) is 17.4 Å². The first-order valence-electron chi connectivity index (χ1n) is 5.61. The number of anilines is 3. The maximum absolute atomic E-state index is 6.01. The standard InChI is InChI=1S/C12H9BrClN5S/c13-8-2-1-6(14)5-9(8)16-10-7-3-4-20-11(7)18-12(17-10)19-15/h1-5H,15H2,(H2,16,17,18,19). The first kappa shape index (κ1) is 13.6. The SMILES string of the molecule is NNc1nc(Nc2cc(Cl)ccc2Br)c2ccsc2n1. The van der Waals surface area contributed by atoms with Crippen LogP contribution in [0.4, 0.5) is 17.5 Å². The number of fused-ring (bicyclic) bond motifs is 1. The van der Waals surface area contributed by atoms with E-state index >= 15 is 0 Å². The predicted octanol–water partition coefficient (Wildman–Crippen LogP) is 4.14. The number of hydrogen-bond acceptors (Lipinski definition) is 6. The van der Waals surface area contributed by atoms with Crippen LogP contribution < -0.4 is 16.6 Å². The Morgan fingerprint density at radius 3 is 2.90 bits per heavy atom. The smallest absolute Gasteiger partial charge is 0.240 e. The molecule has 0 atom stereocenters. The third kappa shape index (κ3) is 2.57. The highest BCUT2D eigenvalue weighted by Gasteiger charge is 2.10. The molecule has 0 aliphatic rings. The molecule has 5 nitrogen and oxygen atoms in total. The second-order valence-electron chi connectivity index (χ2n) is 3.93. The number of nitrogens with zero attached hydrogens (tertiary/aromatic N) is 2. The molecule has 0 saturated heterocycles. The summed E-state index contributed by atoms with van der Waals surface area (Å²) < 4.78 is 0.895. The molecule has 0 aliphatic carbocycles. The molecule has 0 unspecified atom stereocenters. The summed E-state index contributed by atoms with van der Waals surface area (Å²) in [6.07, 6.45) is 0. The Kier molecular flexibility index (Phi) is 3.75. The van der Waals surface area contributed by atoms with Crippen LogP contribution in [-0.4, -0.2) is 9.97 Å². The Balaban J connectivity index is 2.09. The third-order valence-corrected chi connectivity index (χ3v) is 4.37. The fourth-order valence-corrected chi connectivity index (χ4v) is 3.02. The lowest BCUT2D eigenvalue weighted by molar-refractivity contribution is 1.16. The van der Waals surface area contributed by atoms with Gasteiger partial charge >= 0.3 is 0 Å².